The first kappa shape index (κ1) is 22.4. The van der Waals surface area contributed by atoms with Crippen LogP contribution in [0.5, 0.6) is 11.5 Å². The van der Waals surface area contributed by atoms with Crippen molar-refractivity contribution in [1.82, 2.24) is 4.72 Å². The zero-order valence-corrected chi connectivity index (χ0v) is 16.8. The van der Waals surface area contributed by atoms with Gasteiger partial charge in [0.25, 0.3) is 5.91 Å². The fourth-order valence-electron chi connectivity index (χ4n) is 2.52. The van der Waals surface area contributed by atoms with Crippen LogP contribution in [0.1, 0.15) is 6.42 Å². The largest absolute Gasteiger partial charge is 0.490 e. The molecule has 2 aromatic carbocycles. The van der Waals surface area contributed by atoms with E-state index in [4.69, 9.17) is 9.47 Å². The van der Waals surface area contributed by atoms with Crippen molar-refractivity contribution in [2.24, 2.45) is 0 Å². The van der Waals surface area contributed by atoms with Crippen LogP contribution in [0.3, 0.4) is 0 Å². The first-order valence-corrected chi connectivity index (χ1v) is 10.5. The Morgan fingerprint density at radius 2 is 1.77 bits per heavy atom. The van der Waals surface area contributed by atoms with Gasteiger partial charge in [-0.1, -0.05) is 0 Å². The van der Waals surface area contributed by atoms with Gasteiger partial charge < -0.3 is 19.5 Å². The minimum absolute atomic E-state index is 0.144. The normalized spacial score (nSPS) is 13.2. The number of anilines is 1. The molecule has 0 fully saturated rings. The number of benzene rings is 2. The molecule has 0 atom stereocenters. The highest BCUT2D eigenvalue weighted by atomic mass is 32.2. The molecule has 1 aliphatic rings. The topological polar surface area (TPSA) is 120 Å². The van der Waals surface area contributed by atoms with E-state index < -0.39 is 46.7 Å². The van der Waals surface area contributed by atoms with Crippen LogP contribution in [-0.2, 0) is 24.3 Å². The van der Waals surface area contributed by atoms with E-state index in [1.807, 2.05) is 0 Å². The van der Waals surface area contributed by atoms with Gasteiger partial charge in [0.05, 0.1) is 23.8 Å². The first-order valence-electron chi connectivity index (χ1n) is 9.04. The third-order valence-corrected chi connectivity index (χ3v) is 5.40. The zero-order chi connectivity index (χ0) is 22.4. The molecule has 166 valence electrons. The van der Waals surface area contributed by atoms with Gasteiger partial charge >= 0.3 is 5.97 Å². The van der Waals surface area contributed by atoms with E-state index >= 15 is 0 Å². The lowest BCUT2D eigenvalue weighted by atomic mass is 10.3. The minimum Gasteiger partial charge on any atom is -0.490 e. The van der Waals surface area contributed by atoms with Crippen molar-refractivity contribution in [3.8, 4) is 11.5 Å². The number of carbonyl (C=O) groups excluding carboxylic acids is 2. The summed E-state index contributed by atoms with van der Waals surface area (Å²) < 4.78 is 68.7. The van der Waals surface area contributed by atoms with E-state index in [9.17, 15) is 26.8 Å². The second-order valence-corrected chi connectivity index (χ2v) is 8.08. The number of carbonyl (C=O) groups is 2. The van der Waals surface area contributed by atoms with Crippen LogP contribution in [0.2, 0.25) is 0 Å². The number of halogens is 2. The zero-order valence-electron chi connectivity index (χ0n) is 16.0. The van der Waals surface area contributed by atoms with Gasteiger partial charge in [-0.15, -0.1) is 0 Å². The van der Waals surface area contributed by atoms with Gasteiger partial charge in [-0.3, -0.25) is 9.59 Å². The molecular weight excluding hydrogens is 438 g/mol. The number of sulfonamides is 1. The standard InChI is InChI=1S/C19H18F2N2O7S/c20-12-2-4-15(14(21)8-12)23-18(24)11-30-19(25)10-22-31(26,27)13-3-5-16-17(9-13)29-7-1-6-28-16/h2-5,8-9,22H,1,6-7,10-11H2,(H,23,24). The average molecular weight is 456 g/mol. The number of nitrogens with one attached hydrogen (secondary N) is 2. The molecule has 0 saturated heterocycles. The van der Waals surface area contributed by atoms with Crippen molar-refractivity contribution in [3.05, 3.63) is 48.0 Å². The molecule has 0 aliphatic carbocycles. The number of amides is 1. The van der Waals surface area contributed by atoms with E-state index in [1.165, 1.54) is 18.2 Å². The fourth-order valence-corrected chi connectivity index (χ4v) is 3.51. The quantitative estimate of drug-likeness (QED) is 0.607. The SMILES string of the molecule is O=C(COC(=O)CNS(=O)(=O)c1ccc2c(c1)OCCCO2)Nc1ccc(F)cc1F. The highest BCUT2D eigenvalue weighted by Crippen LogP contribution is 2.31. The molecule has 0 unspecified atom stereocenters. The van der Waals surface area contributed by atoms with Crippen LogP contribution in [0.4, 0.5) is 14.5 Å². The average Bonchev–Trinajstić information content (AvgIpc) is 2.98. The maximum atomic E-state index is 13.5. The van der Waals surface area contributed by atoms with E-state index in [0.29, 0.717) is 31.5 Å². The van der Waals surface area contributed by atoms with E-state index in [-0.39, 0.29) is 16.3 Å². The lowest BCUT2D eigenvalue weighted by Gasteiger charge is -2.11. The van der Waals surface area contributed by atoms with Crippen molar-refractivity contribution in [3.63, 3.8) is 0 Å². The van der Waals surface area contributed by atoms with Gasteiger partial charge in [-0.25, -0.2) is 17.2 Å². The predicted octanol–water partition coefficient (Wildman–Crippen LogP) is 1.59. The molecule has 31 heavy (non-hydrogen) atoms. The molecule has 0 aromatic heterocycles. The number of rotatable bonds is 7. The van der Waals surface area contributed by atoms with E-state index in [0.717, 1.165) is 12.1 Å². The third-order valence-electron chi connectivity index (χ3n) is 4.01. The van der Waals surface area contributed by atoms with Crippen LogP contribution in [-0.4, -0.2) is 46.7 Å². The molecule has 0 spiro atoms. The summed E-state index contributed by atoms with van der Waals surface area (Å²) >= 11 is 0. The second-order valence-electron chi connectivity index (χ2n) is 6.32. The maximum absolute atomic E-state index is 13.5. The summed E-state index contributed by atoms with van der Waals surface area (Å²) in [6.07, 6.45) is 0.655. The van der Waals surface area contributed by atoms with Crippen LogP contribution >= 0.6 is 0 Å². The highest BCUT2D eigenvalue weighted by molar-refractivity contribution is 7.89. The van der Waals surface area contributed by atoms with Crippen LogP contribution < -0.4 is 19.5 Å². The van der Waals surface area contributed by atoms with Crippen LogP contribution in [0, 0.1) is 11.6 Å². The molecule has 9 nitrogen and oxygen atoms in total. The summed E-state index contributed by atoms with van der Waals surface area (Å²) in [5.74, 6) is -3.05. The number of ether oxygens (including phenoxy) is 3. The van der Waals surface area contributed by atoms with Gasteiger partial charge in [0.2, 0.25) is 10.0 Å². The Labute approximate surface area is 176 Å². The summed E-state index contributed by atoms with van der Waals surface area (Å²) in [6.45, 7) is -0.707. The van der Waals surface area contributed by atoms with Gasteiger partial charge in [-0.2, -0.15) is 4.72 Å². The minimum atomic E-state index is -4.07. The van der Waals surface area contributed by atoms with Crippen LogP contribution in [0.25, 0.3) is 0 Å². The van der Waals surface area contributed by atoms with Crippen molar-refractivity contribution in [2.45, 2.75) is 11.3 Å². The Morgan fingerprint density at radius 3 is 2.52 bits per heavy atom. The Bertz CT molecular complexity index is 1090. The first-order chi connectivity index (χ1) is 14.7. The molecule has 0 radical (unpaired) electrons. The Morgan fingerprint density at radius 1 is 1.03 bits per heavy atom. The molecule has 0 bridgehead atoms. The molecular formula is C19H18F2N2O7S. The smallest absolute Gasteiger partial charge is 0.321 e. The molecule has 12 heteroatoms. The summed E-state index contributed by atoms with van der Waals surface area (Å²) in [6, 6.07) is 6.56. The van der Waals surface area contributed by atoms with E-state index in [1.54, 1.807) is 0 Å². The second kappa shape index (κ2) is 9.71. The summed E-state index contributed by atoms with van der Waals surface area (Å²) in [5, 5.41) is 2.10. The van der Waals surface area contributed by atoms with Gasteiger partial charge in [0.15, 0.2) is 18.1 Å². The van der Waals surface area contributed by atoms with Crippen molar-refractivity contribution >= 4 is 27.6 Å². The van der Waals surface area contributed by atoms with Crippen LogP contribution in [0.15, 0.2) is 41.3 Å². The number of esters is 1. The Balaban J connectivity index is 1.50. The summed E-state index contributed by atoms with van der Waals surface area (Å²) in [4.78, 5) is 23.4. The molecule has 0 saturated carbocycles. The summed E-state index contributed by atoms with van der Waals surface area (Å²) in [7, 11) is -4.07. The lowest BCUT2D eigenvalue weighted by molar-refractivity contribution is -0.146. The fraction of sp³-hybridized carbons (Fsp3) is 0.263. The van der Waals surface area contributed by atoms with E-state index in [2.05, 4.69) is 14.8 Å². The molecule has 3 rings (SSSR count). The van der Waals surface area contributed by atoms with Crippen molar-refractivity contribution < 1.29 is 41.0 Å². The Kier molecular flexibility index (Phi) is 7.02. The molecule has 1 amide bonds. The van der Waals surface area contributed by atoms with Gasteiger partial charge in [0.1, 0.15) is 18.2 Å². The lowest BCUT2D eigenvalue weighted by Crippen LogP contribution is -2.32. The van der Waals surface area contributed by atoms with Gasteiger partial charge in [0, 0.05) is 18.6 Å². The molecule has 2 aromatic rings. The number of fused-ring (bicyclic) bond motifs is 1. The molecule has 1 heterocycles. The summed E-state index contributed by atoms with van der Waals surface area (Å²) in [5.41, 5.74) is -0.294. The monoisotopic (exact) mass is 456 g/mol. The number of hydrogen-bond donors (Lipinski definition) is 2. The predicted molar refractivity (Wildman–Crippen MR) is 103 cm³/mol. The van der Waals surface area contributed by atoms with Crippen molar-refractivity contribution in [2.75, 3.05) is 31.7 Å². The van der Waals surface area contributed by atoms with Gasteiger partial charge in [-0.05, 0) is 24.3 Å². The number of hydrogen-bond acceptors (Lipinski definition) is 7. The van der Waals surface area contributed by atoms with Crippen molar-refractivity contribution in [1.29, 1.82) is 0 Å². The molecule has 2 N–H and O–H groups in total. The highest BCUT2D eigenvalue weighted by Gasteiger charge is 2.20. The third kappa shape index (κ3) is 6.12. The molecule has 1 aliphatic heterocycles. The Hall–Kier alpha value is -3.25. The maximum Gasteiger partial charge on any atom is 0.321 e.